The van der Waals surface area contributed by atoms with Crippen LogP contribution in [0.4, 0.5) is 0 Å². The third-order valence-corrected chi connectivity index (χ3v) is 3.08. The van der Waals surface area contributed by atoms with E-state index in [9.17, 15) is 0 Å². The lowest BCUT2D eigenvalue weighted by Crippen LogP contribution is -2.16. The predicted molar refractivity (Wildman–Crippen MR) is 74.9 cm³/mol. The summed E-state index contributed by atoms with van der Waals surface area (Å²) in [6, 6.07) is 6.45. The molecule has 2 nitrogen and oxygen atoms in total. The summed E-state index contributed by atoms with van der Waals surface area (Å²) in [6.45, 7) is 3.28. The first-order valence-electron chi connectivity index (χ1n) is 6.34. The van der Waals surface area contributed by atoms with E-state index in [2.05, 4.69) is 17.2 Å². The van der Waals surface area contributed by atoms with Crippen molar-refractivity contribution in [2.75, 3.05) is 6.61 Å². The van der Waals surface area contributed by atoms with Crippen LogP contribution in [0, 0.1) is 11.8 Å². The molecule has 2 rings (SSSR count). The van der Waals surface area contributed by atoms with Gasteiger partial charge in [-0.2, -0.15) is 0 Å². The maximum atomic E-state index is 6.03. The van der Waals surface area contributed by atoms with Crippen LogP contribution in [0.25, 0.3) is 0 Å². The first kappa shape index (κ1) is 13.3. The van der Waals surface area contributed by atoms with Gasteiger partial charge in [0.2, 0.25) is 0 Å². The monoisotopic (exact) mass is 263 g/mol. The molecule has 18 heavy (non-hydrogen) atoms. The lowest BCUT2D eigenvalue weighted by Gasteiger charge is -2.11. The number of nitrogens with one attached hydrogen (secondary N) is 1. The van der Waals surface area contributed by atoms with E-state index in [-0.39, 0.29) is 0 Å². The summed E-state index contributed by atoms with van der Waals surface area (Å²) < 4.78 is 5.75. The topological polar surface area (TPSA) is 21.3 Å². The molecule has 1 fully saturated rings. The first-order chi connectivity index (χ1) is 8.79. The summed E-state index contributed by atoms with van der Waals surface area (Å²) in [5.41, 5.74) is 1.12. The molecule has 1 saturated carbocycles. The summed E-state index contributed by atoms with van der Waals surface area (Å²) in [5.74, 6) is 6.76. The zero-order valence-electron chi connectivity index (χ0n) is 10.6. The van der Waals surface area contributed by atoms with E-state index in [0.717, 1.165) is 29.3 Å². The Morgan fingerprint density at radius 3 is 3.00 bits per heavy atom. The van der Waals surface area contributed by atoms with Crippen molar-refractivity contribution in [3.63, 3.8) is 0 Å². The van der Waals surface area contributed by atoms with Crippen molar-refractivity contribution in [2.24, 2.45) is 0 Å². The largest absolute Gasteiger partial charge is 0.492 e. The molecule has 1 aromatic carbocycles. The van der Waals surface area contributed by atoms with E-state index in [0.29, 0.717) is 12.6 Å². The highest BCUT2D eigenvalue weighted by Crippen LogP contribution is 2.25. The molecule has 96 valence electrons. The second-order valence-corrected chi connectivity index (χ2v) is 4.87. The van der Waals surface area contributed by atoms with Gasteiger partial charge in [-0.3, -0.25) is 0 Å². The highest BCUT2D eigenvalue weighted by Gasteiger charge is 2.20. The van der Waals surface area contributed by atoms with E-state index < -0.39 is 0 Å². The van der Waals surface area contributed by atoms with Crippen LogP contribution >= 0.6 is 11.6 Å². The molecule has 1 aromatic rings. The molecule has 1 N–H and O–H groups in total. The quantitative estimate of drug-likeness (QED) is 0.628. The second-order valence-electron chi connectivity index (χ2n) is 4.43. The molecule has 0 spiro atoms. The summed E-state index contributed by atoms with van der Waals surface area (Å²) in [7, 11) is 0. The van der Waals surface area contributed by atoms with Gasteiger partial charge >= 0.3 is 0 Å². The minimum Gasteiger partial charge on any atom is -0.492 e. The van der Waals surface area contributed by atoms with Gasteiger partial charge in [0.15, 0.2) is 0 Å². The van der Waals surface area contributed by atoms with Crippen LogP contribution in [-0.2, 0) is 6.54 Å². The Bertz CT molecular complexity index is 457. The SMILES string of the molecule is CC#CCCOc1ccc(Cl)cc1CNC1CC1. The van der Waals surface area contributed by atoms with Crippen molar-refractivity contribution >= 4 is 11.6 Å². The van der Waals surface area contributed by atoms with E-state index in [1.165, 1.54) is 12.8 Å². The maximum Gasteiger partial charge on any atom is 0.123 e. The second kappa shape index (κ2) is 6.68. The Labute approximate surface area is 114 Å². The van der Waals surface area contributed by atoms with Crippen molar-refractivity contribution in [2.45, 2.75) is 38.8 Å². The van der Waals surface area contributed by atoms with Crippen LogP contribution in [0.3, 0.4) is 0 Å². The Morgan fingerprint density at radius 2 is 2.28 bits per heavy atom. The van der Waals surface area contributed by atoms with Gasteiger partial charge in [-0.25, -0.2) is 0 Å². The molecule has 0 aromatic heterocycles. The highest BCUT2D eigenvalue weighted by molar-refractivity contribution is 6.30. The average molecular weight is 264 g/mol. The van der Waals surface area contributed by atoms with Gasteiger partial charge in [0.25, 0.3) is 0 Å². The zero-order chi connectivity index (χ0) is 12.8. The molecular formula is C15H18ClNO. The minimum atomic E-state index is 0.624. The van der Waals surface area contributed by atoms with E-state index in [1.54, 1.807) is 0 Å². The molecule has 0 atom stereocenters. The summed E-state index contributed by atoms with van der Waals surface area (Å²) in [5, 5.41) is 4.23. The van der Waals surface area contributed by atoms with Gasteiger partial charge in [-0.15, -0.1) is 11.8 Å². The number of benzene rings is 1. The summed E-state index contributed by atoms with van der Waals surface area (Å²) in [4.78, 5) is 0. The standard InChI is InChI=1S/C15H18ClNO/c1-2-3-4-9-18-15-8-5-13(16)10-12(15)11-17-14-6-7-14/h5,8,10,14,17H,4,6-7,9,11H2,1H3. The fourth-order valence-electron chi connectivity index (χ4n) is 1.71. The van der Waals surface area contributed by atoms with Crippen LogP contribution in [0.1, 0.15) is 31.7 Å². The van der Waals surface area contributed by atoms with Crippen molar-refractivity contribution in [1.82, 2.24) is 5.32 Å². The molecule has 0 unspecified atom stereocenters. The number of ether oxygens (including phenoxy) is 1. The number of halogens is 1. The number of hydrogen-bond donors (Lipinski definition) is 1. The first-order valence-corrected chi connectivity index (χ1v) is 6.71. The van der Waals surface area contributed by atoms with Gasteiger partial charge < -0.3 is 10.1 Å². The van der Waals surface area contributed by atoms with E-state index >= 15 is 0 Å². The zero-order valence-corrected chi connectivity index (χ0v) is 11.4. The van der Waals surface area contributed by atoms with Gasteiger partial charge in [-0.05, 0) is 38.0 Å². The molecule has 0 heterocycles. The Morgan fingerprint density at radius 1 is 1.44 bits per heavy atom. The minimum absolute atomic E-state index is 0.624. The molecule has 0 bridgehead atoms. The van der Waals surface area contributed by atoms with Crippen molar-refractivity contribution < 1.29 is 4.74 Å². The van der Waals surface area contributed by atoms with Gasteiger partial charge in [0.1, 0.15) is 5.75 Å². The van der Waals surface area contributed by atoms with E-state index in [1.807, 2.05) is 25.1 Å². The number of hydrogen-bond acceptors (Lipinski definition) is 2. The fourth-order valence-corrected chi connectivity index (χ4v) is 1.90. The van der Waals surface area contributed by atoms with Gasteiger partial charge in [0.05, 0.1) is 6.61 Å². The Kier molecular flexibility index (Phi) is 4.92. The van der Waals surface area contributed by atoms with Crippen molar-refractivity contribution in [1.29, 1.82) is 0 Å². The smallest absolute Gasteiger partial charge is 0.123 e. The molecule has 1 aliphatic rings. The number of rotatable bonds is 6. The highest BCUT2D eigenvalue weighted by atomic mass is 35.5. The fraction of sp³-hybridized carbons (Fsp3) is 0.467. The van der Waals surface area contributed by atoms with Crippen LogP contribution in [0.2, 0.25) is 5.02 Å². The lowest BCUT2D eigenvalue weighted by atomic mass is 10.2. The van der Waals surface area contributed by atoms with Crippen LogP contribution < -0.4 is 10.1 Å². The lowest BCUT2D eigenvalue weighted by molar-refractivity contribution is 0.323. The maximum absolute atomic E-state index is 6.03. The molecule has 0 aliphatic heterocycles. The summed E-state index contributed by atoms with van der Waals surface area (Å²) >= 11 is 6.03. The predicted octanol–water partition coefficient (Wildman–Crippen LogP) is 3.38. The van der Waals surface area contributed by atoms with Crippen LogP contribution in [0.15, 0.2) is 18.2 Å². The van der Waals surface area contributed by atoms with Crippen molar-refractivity contribution in [3.8, 4) is 17.6 Å². The Balaban J connectivity index is 1.94. The molecule has 0 saturated heterocycles. The normalized spacial score (nSPS) is 13.9. The van der Waals surface area contributed by atoms with Gasteiger partial charge in [-0.1, -0.05) is 11.6 Å². The van der Waals surface area contributed by atoms with Crippen LogP contribution in [0.5, 0.6) is 5.75 Å². The molecular weight excluding hydrogens is 246 g/mol. The van der Waals surface area contributed by atoms with Gasteiger partial charge in [0, 0.05) is 29.6 Å². The Hall–Kier alpha value is -1.17. The van der Waals surface area contributed by atoms with Crippen LogP contribution in [-0.4, -0.2) is 12.6 Å². The third-order valence-electron chi connectivity index (χ3n) is 2.84. The molecule has 3 heteroatoms. The molecule has 1 aliphatic carbocycles. The molecule has 0 amide bonds. The van der Waals surface area contributed by atoms with E-state index in [4.69, 9.17) is 16.3 Å². The summed E-state index contributed by atoms with van der Waals surface area (Å²) in [6.07, 6.45) is 3.32. The molecule has 0 radical (unpaired) electrons. The third kappa shape index (κ3) is 4.25. The average Bonchev–Trinajstić information content (AvgIpc) is 3.18. The van der Waals surface area contributed by atoms with Crippen molar-refractivity contribution in [3.05, 3.63) is 28.8 Å².